The van der Waals surface area contributed by atoms with Crippen LogP contribution in [0.4, 0.5) is 4.39 Å². The molecule has 1 amide bonds. The largest absolute Gasteiger partial charge is 0.494 e. The Kier molecular flexibility index (Phi) is 7.01. The first kappa shape index (κ1) is 23.6. The summed E-state index contributed by atoms with van der Waals surface area (Å²) >= 11 is 0. The molecule has 2 heterocycles. The van der Waals surface area contributed by atoms with Gasteiger partial charge in [0.25, 0.3) is 5.91 Å². The van der Waals surface area contributed by atoms with Crippen LogP contribution in [0.1, 0.15) is 35.6 Å². The predicted molar refractivity (Wildman–Crippen MR) is 128 cm³/mol. The van der Waals surface area contributed by atoms with Crippen LogP contribution in [0.2, 0.25) is 0 Å². The number of aliphatic imine (C=N–C) groups is 1. The molecule has 3 aromatic rings. The number of hydrogen-bond acceptors (Lipinski definition) is 7. The summed E-state index contributed by atoms with van der Waals surface area (Å²) in [5, 5.41) is 6.02. The first-order chi connectivity index (χ1) is 16.4. The maximum atomic E-state index is 14.7. The number of nitrogens with two attached hydrogens (primary N) is 1. The van der Waals surface area contributed by atoms with Crippen molar-refractivity contribution in [1.29, 1.82) is 0 Å². The van der Waals surface area contributed by atoms with Crippen LogP contribution in [0.15, 0.2) is 51.6 Å². The number of amides is 1. The number of rotatable bonds is 9. The standard InChI is InChI=1S/C23H25FN6O3S/c1-33-19-6-7-20(34(2)32)17(22(19)24)10-27-23(31)18(29-25)11-26-9-16-13-30-12-15(14-3-4-14)5-8-21(30)28-16/h5-8,11-14H,3-4,9-10,25H2,1-2H3,(H,27,31). The fraction of sp³-hybridized carbons (Fsp3) is 0.304. The molecule has 1 aliphatic rings. The molecular formula is C23H25FN6O3S. The smallest absolute Gasteiger partial charge is 0.273 e. The quantitative estimate of drug-likeness (QED) is 0.274. The molecule has 1 aliphatic carbocycles. The molecule has 1 atom stereocenters. The van der Waals surface area contributed by atoms with Gasteiger partial charge in [-0.3, -0.25) is 14.0 Å². The molecule has 1 fully saturated rings. The van der Waals surface area contributed by atoms with Crippen molar-refractivity contribution in [2.75, 3.05) is 13.4 Å². The molecule has 11 heteroatoms. The number of hydrazone groups is 1. The zero-order valence-corrected chi connectivity index (χ0v) is 19.6. The maximum absolute atomic E-state index is 14.7. The molecule has 1 unspecified atom stereocenters. The number of benzene rings is 1. The number of imidazole rings is 1. The number of carbonyl (C=O) groups excluding carboxylic acids is 1. The summed E-state index contributed by atoms with van der Waals surface area (Å²) in [5.74, 6) is 4.66. The highest BCUT2D eigenvalue weighted by atomic mass is 32.2. The summed E-state index contributed by atoms with van der Waals surface area (Å²) in [6.07, 6.45) is 9.11. The fourth-order valence-corrected chi connectivity index (χ4v) is 4.37. The second kappa shape index (κ2) is 10.1. The van der Waals surface area contributed by atoms with E-state index in [0.717, 1.165) is 11.3 Å². The number of nitrogens with zero attached hydrogens (tertiary/aromatic N) is 4. The lowest BCUT2D eigenvalue weighted by Gasteiger charge is -2.12. The minimum absolute atomic E-state index is 0.00978. The number of hydrogen-bond donors (Lipinski definition) is 2. The van der Waals surface area contributed by atoms with E-state index in [9.17, 15) is 13.4 Å². The van der Waals surface area contributed by atoms with Gasteiger partial charge in [-0.2, -0.15) is 5.10 Å². The van der Waals surface area contributed by atoms with E-state index in [4.69, 9.17) is 10.6 Å². The van der Waals surface area contributed by atoms with Crippen LogP contribution in [-0.2, 0) is 28.7 Å². The highest BCUT2D eigenvalue weighted by Crippen LogP contribution is 2.39. The molecular weight excluding hydrogens is 459 g/mol. The van der Waals surface area contributed by atoms with Gasteiger partial charge in [0.15, 0.2) is 17.3 Å². The van der Waals surface area contributed by atoms with Crippen LogP contribution in [0, 0.1) is 5.82 Å². The molecule has 4 rings (SSSR count). The third-order valence-electron chi connectivity index (χ3n) is 5.53. The van der Waals surface area contributed by atoms with Crippen LogP contribution in [-0.4, -0.2) is 44.8 Å². The monoisotopic (exact) mass is 484 g/mol. The Bertz CT molecular complexity index is 1320. The summed E-state index contributed by atoms with van der Waals surface area (Å²) in [6.45, 7) is 0.00955. The Labute approximate surface area is 198 Å². The average molecular weight is 485 g/mol. The zero-order chi connectivity index (χ0) is 24.2. The molecule has 34 heavy (non-hydrogen) atoms. The highest BCUT2D eigenvalue weighted by molar-refractivity contribution is 7.84. The van der Waals surface area contributed by atoms with Gasteiger partial charge in [0, 0.05) is 35.7 Å². The van der Waals surface area contributed by atoms with Gasteiger partial charge in [0.1, 0.15) is 5.65 Å². The Morgan fingerprint density at radius 3 is 2.82 bits per heavy atom. The molecule has 178 valence electrons. The van der Waals surface area contributed by atoms with E-state index in [1.165, 1.54) is 50.1 Å². The topological polar surface area (TPSA) is 123 Å². The molecule has 2 aromatic heterocycles. The van der Waals surface area contributed by atoms with Crippen LogP contribution < -0.4 is 15.9 Å². The molecule has 1 aromatic carbocycles. The Hall–Kier alpha value is -3.60. The van der Waals surface area contributed by atoms with Crippen molar-refractivity contribution >= 4 is 34.3 Å². The van der Waals surface area contributed by atoms with Crippen molar-refractivity contribution in [3.05, 3.63) is 59.3 Å². The van der Waals surface area contributed by atoms with Crippen molar-refractivity contribution in [2.24, 2.45) is 15.9 Å². The summed E-state index contributed by atoms with van der Waals surface area (Å²) in [7, 11) is -0.132. The minimum atomic E-state index is -1.46. The van der Waals surface area contributed by atoms with Gasteiger partial charge in [-0.05, 0) is 42.5 Å². The van der Waals surface area contributed by atoms with Crippen LogP contribution in [0.5, 0.6) is 5.75 Å². The van der Waals surface area contributed by atoms with E-state index in [2.05, 4.69) is 32.7 Å². The van der Waals surface area contributed by atoms with E-state index in [0.29, 0.717) is 5.92 Å². The van der Waals surface area contributed by atoms with Gasteiger partial charge in [0.2, 0.25) is 0 Å². The third kappa shape index (κ3) is 5.14. The van der Waals surface area contributed by atoms with E-state index < -0.39 is 22.5 Å². The average Bonchev–Trinajstić information content (AvgIpc) is 3.60. The van der Waals surface area contributed by atoms with Gasteiger partial charge in [0.05, 0.1) is 36.4 Å². The predicted octanol–water partition coefficient (Wildman–Crippen LogP) is 2.30. The molecule has 0 aliphatic heterocycles. The number of fused-ring (bicyclic) bond motifs is 1. The molecule has 9 nitrogen and oxygen atoms in total. The number of nitrogens with one attached hydrogen (secondary N) is 1. The van der Waals surface area contributed by atoms with Gasteiger partial charge < -0.3 is 20.3 Å². The lowest BCUT2D eigenvalue weighted by atomic mass is 10.2. The number of pyridine rings is 1. The van der Waals surface area contributed by atoms with Crippen molar-refractivity contribution in [3.8, 4) is 5.75 Å². The van der Waals surface area contributed by atoms with Crippen molar-refractivity contribution in [1.82, 2.24) is 14.7 Å². The normalized spacial score (nSPS) is 15.1. The van der Waals surface area contributed by atoms with E-state index in [-0.39, 0.29) is 35.0 Å². The van der Waals surface area contributed by atoms with Crippen molar-refractivity contribution < 1.29 is 18.1 Å². The maximum Gasteiger partial charge on any atom is 0.273 e. The molecule has 1 saturated carbocycles. The van der Waals surface area contributed by atoms with E-state index >= 15 is 0 Å². The van der Waals surface area contributed by atoms with Crippen LogP contribution in [0.25, 0.3) is 5.65 Å². The molecule has 0 saturated heterocycles. The highest BCUT2D eigenvalue weighted by Gasteiger charge is 2.23. The lowest BCUT2D eigenvalue weighted by Crippen LogP contribution is -2.33. The third-order valence-corrected chi connectivity index (χ3v) is 6.53. The Balaban J connectivity index is 1.41. The summed E-state index contributed by atoms with van der Waals surface area (Å²) < 4.78 is 33.6. The summed E-state index contributed by atoms with van der Waals surface area (Å²) in [5.41, 5.74) is 2.79. The Morgan fingerprint density at radius 2 is 2.15 bits per heavy atom. The molecule has 0 radical (unpaired) electrons. The van der Waals surface area contributed by atoms with Gasteiger partial charge in [-0.15, -0.1) is 0 Å². The second-order valence-corrected chi connectivity index (χ2v) is 9.26. The number of aromatic nitrogens is 2. The first-order valence-electron chi connectivity index (χ1n) is 10.6. The summed E-state index contributed by atoms with van der Waals surface area (Å²) in [6, 6.07) is 6.97. The van der Waals surface area contributed by atoms with Gasteiger partial charge >= 0.3 is 0 Å². The lowest BCUT2D eigenvalue weighted by molar-refractivity contribution is -0.114. The van der Waals surface area contributed by atoms with Gasteiger partial charge in [-0.25, -0.2) is 9.37 Å². The molecule has 0 bridgehead atoms. The number of carbonyl (C=O) groups is 1. The number of halogens is 1. The minimum Gasteiger partial charge on any atom is -0.494 e. The number of methoxy groups -OCH3 is 1. The Morgan fingerprint density at radius 1 is 1.35 bits per heavy atom. The van der Waals surface area contributed by atoms with Crippen molar-refractivity contribution in [3.63, 3.8) is 0 Å². The second-order valence-electron chi connectivity index (χ2n) is 7.91. The summed E-state index contributed by atoms with van der Waals surface area (Å²) in [4.78, 5) is 21.5. The zero-order valence-electron chi connectivity index (χ0n) is 18.8. The van der Waals surface area contributed by atoms with Crippen LogP contribution >= 0.6 is 0 Å². The molecule has 0 spiro atoms. The van der Waals surface area contributed by atoms with Crippen LogP contribution in [0.3, 0.4) is 0 Å². The van der Waals surface area contributed by atoms with Gasteiger partial charge in [-0.1, -0.05) is 6.07 Å². The SMILES string of the molecule is COc1ccc(S(C)=O)c(CNC(=O)C(C=NCc2cn3cc(C4CC4)ccc3n2)=NN)c1F. The first-order valence-corrected chi connectivity index (χ1v) is 12.2. The van der Waals surface area contributed by atoms with E-state index in [1.54, 1.807) is 0 Å². The molecule has 3 N–H and O–H groups in total. The van der Waals surface area contributed by atoms with E-state index in [1.807, 2.05) is 16.7 Å². The van der Waals surface area contributed by atoms with Crippen molar-refractivity contribution in [2.45, 2.75) is 36.7 Å². The fourth-order valence-electron chi connectivity index (χ4n) is 3.61. The number of ether oxygens (including phenoxy) is 1.